The molecule has 1 aromatic rings. The number of nitrogens with one attached hydrogen (secondary N) is 1. The van der Waals surface area contributed by atoms with Gasteiger partial charge in [-0.3, -0.25) is 9.59 Å². The van der Waals surface area contributed by atoms with Crippen molar-refractivity contribution in [1.29, 1.82) is 0 Å². The van der Waals surface area contributed by atoms with Crippen molar-refractivity contribution in [2.45, 2.75) is 25.2 Å². The molecule has 2 aliphatic rings. The molecule has 3 rings (SSSR count). The van der Waals surface area contributed by atoms with E-state index in [9.17, 15) is 9.59 Å². The van der Waals surface area contributed by atoms with E-state index < -0.39 is 0 Å². The topological polar surface area (TPSA) is 67.9 Å². The molecule has 1 N–H and O–H groups in total. The summed E-state index contributed by atoms with van der Waals surface area (Å²) in [6.45, 7) is 4.67. The van der Waals surface area contributed by atoms with Crippen molar-refractivity contribution in [3.8, 4) is 5.75 Å². The maximum Gasteiger partial charge on any atom is 0.239 e. The molecule has 142 valence electrons. The number of carbonyl (C=O) groups excluding carboxylic acids is 2. The lowest BCUT2D eigenvalue weighted by Gasteiger charge is -2.38. The van der Waals surface area contributed by atoms with Gasteiger partial charge < -0.3 is 19.7 Å². The number of benzene rings is 1. The van der Waals surface area contributed by atoms with Crippen LogP contribution in [0.2, 0.25) is 0 Å². The van der Waals surface area contributed by atoms with Crippen LogP contribution in [0.4, 0.5) is 0 Å². The second kappa shape index (κ2) is 8.77. The van der Waals surface area contributed by atoms with Crippen LogP contribution in [0.15, 0.2) is 24.3 Å². The molecule has 2 saturated heterocycles. The van der Waals surface area contributed by atoms with E-state index in [0.29, 0.717) is 38.0 Å². The lowest BCUT2D eigenvalue weighted by Crippen LogP contribution is -2.47. The maximum absolute atomic E-state index is 12.3. The number of amides is 2. The average Bonchev–Trinajstić information content (AvgIpc) is 3.06. The lowest BCUT2D eigenvalue weighted by atomic mass is 9.74. The normalized spacial score (nSPS) is 19.4. The Labute approximate surface area is 158 Å². The van der Waals surface area contributed by atoms with Gasteiger partial charge in [-0.15, -0.1) is 11.8 Å². The quantitative estimate of drug-likeness (QED) is 0.783. The Morgan fingerprint density at radius 2 is 2.04 bits per heavy atom. The molecule has 0 radical (unpaired) electrons. The highest BCUT2D eigenvalue weighted by molar-refractivity contribution is 8.00. The summed E-state index contributed by atoms with van der Waals surface area (Å²) in [7, 11) is 0. The minimum absolute atomic E-state index is 0.0393. The van der Waals surface area contributed by atoms with Crippen molar-refractivity contribution >= 4 is 23.6 Å². The second-order valence-corrected chi connectivity index (χ2v) is 7.65. The summed E-state index contributed by atoms with van der Waals surface area (Å²) in [5.74, 6) is 1.87. The highest BCUT2D eigenvalue weighted by atomic mass is 32.2. The van der Waals surface area contributed by atoms with E-state index in [2.05, 4.69) is 17.4 Å². The number of hydrogen-bond acceptors (Lipinski definition) is 5. The molecule has 6 nitrogen and oxygen atoms in total. The molecule has 1 aromatic carbocycles. The number of carbonyl (C=O) groups is 2. The third-order valence-electron chi connectivity index (χ3n) is 5.01. The van der Waals surface area contributed by atoms with E-state index >= 15 is 0 Å². The SMILES string of the molecule is CCOc1ccc(C2(CNC(=O)CN3CSCC3=O)CCOCC2)cc1. The molecule has 0 atom stereocenters. The predicted octanol–water partition coefficient (Wildman–Crippen LogP) is 1.78. The van der Waals surface area contributed by atoms with Gasteiger partial charge in [-0.2, -0.15) is 0 Å². The molecule has 0 bridgehead atoms. The Morgan fingerprint density at radius 1 is 1.31 bits per heavy atom. The first-order valence-electron chi connectivity index (χ1n) is 9.06. The zero-order valence-electron chi connectivity index (χ0n) is 15.2. The third-order valence-corrected chi connectivity index (χ3v) is 5.96. The molecule has 0 unspecified atom stereocenters. The van der Waals surface area contributed by atoms with Crippen LogP contribution in [0.1, 0.15) is 25.3 Å². The highest BCUT2D eigenvalue weighted by Gasteiger charge is 2.35. The van der Waals surface area contributed by atoms with Crippen molar-refractivity contribution in [2.24, 2.45) is 0 Å². The van der Waals surface area contributed by atoms with Gasteiger partial charge in [0.05, 0.1) is 18.2 Å². The van der Waals surface area contributed by atoms with E-state index in [1.54, 1.807) is 16.7 Å². The fourth-order valence-corrected chi connectivity index (χ4v) is 4.34. The summed E-state index contributed by atoms with van der Waals surface area (Å²) < 4.78 is 11.1. The van der Waals surface area contributed by atoms with Crippen molar-refractivity contribution in [1.82, 2.24) is 10.2 Å². The van der Waals surface area contributed by atoms with E-state index in [1.807, 2.05) is 19.1 Å². The predicted molar refractivity (Wildman–Crippen MR) is 101 cm³/mol. The maximum atomic E-state index is 12.3. The number of hydrogen-bond donors (Lipinski definition) is 1. The summed E-state index contributed by atoms with van der Waals surface area (Å²) in [6.07, 6.45) is 1.72. The van der Waals surface area contributed by atoms with Crippen LogP contribution in [0.25, 0.3) is 0 Å². The third kappa shape index (κ3) is 4.51. The molecule has 2 aliphatic heterocycles. The van der Waals surface area contributed by atoms with Crippen LogP contribution in [0.3, 0.4) is 0 Å². The molecule has 0 spiro atoms. The molecule has 0 saturated carbocycles. The molecule has 7 heteroatoms. The van der Waals surface area contributed by atoms with E-state index in [-0.39, 0.29) is 23.8 Å². The monoisotopic (exact) mass is 378 g/mol. The molecular weight excluding hydrogens is 352 g/mol. The Bertz CT molecular complexity index is 629. The minimum atomic E-state index is -0.136. The summed E-state index contributed by atoms with van der Waals surface area (Å²) in [4.78, 5) is 25.6. The van der Waals surface area contributed by atoms with Gasteiger partial charge in [0, 0.05) is 25.2 Å². The highest BCUT2D eigenvalue weighted by Crippen LogP contribution is 2.35. The summed E-state index contributed by atoms with van der Waals surface area (Å²) in [5, 5.41) is 3.05. The van der Waals surface area contributed by atoms with Crippen LogP contribution >= 0.6 is 11.8 Å². The van der Waals surface area contributed by atoms with Crippen LogP contribution < -0.4 is 10.1 Å². The molecule has 0 aliphatic carbocycles. The summed E-state index contributed by atoms with van der Waals surface area (Å²) >= 11 is 1.55. The fourth-order valence-electron chi connectivity index (χ4n) is 3.44. The molecule has 2 heterocycles. The number of ether oxygens (including phenoxy) is 2. The molecule has 2 fully saturated rings. The Balaban J connectivity index is 1.65. The number of nitrogens with zero attached hydrogens (tertiary/aromatic N) is 1. The summed E-state index contributed by atoms with van der Waals surface area (Å²) in [5.41, 5.74) is 1.06. The van der Waals surface area contributed by atoms with Gasteiger partial charge in [0.25, 0.3) is 0 Å². The molecule has 26 heavy (non-hydrogen) atoms. The largest absolute Gasteiger partial charge is 0.494 e. The van der Waals surface area contributed by atoms with Crippen molar-refractivity contribution < 1.29 is 19.1 Å². The van der Waals surface area contributed by atoms with Crippen LogP contribution in [-0.2, 0) is 19.7 Å². The van der Waals surface area contributed by atoms with Crippen LogP contribution in [-0.4, -0.2) is 61.3 Å². The molecular formula is C19H26N2O4S. The lowest BCUT2D eigenvalue weighted by molar-refractivity contribution is -0.132. The van der Waals surface area contributed by atoms with Gasteiger partial charge in [0.15, 0.2) is 0 Å². The van der Waals surface area contributed by atoms with Crippen molar-refractivity contribution in [3.63, 3.8) is 0 Å². The number of rotatable bonds is 7. The Hall–Kier alpha value is -1.73. The van der Waals surface area contributed by atoms with Crippen molar-refractivity contribution in [2.75, 3.05) is 44.5 Å². The smallest absolute Gasteiger partial charge is 0.239 e. The van der Waals surface area contributed by atoms with Crippen LogP contribution in [0, 0.1) is 0 Å². The fraction of sp³-hybridized carbons (Fsp3) is 0.579. The van der Waals surface area contributed by atoms with Gasteiger partial charge in [0.1, 0.15) is 12.3 Å². The molecule has 0 aromatic heterocycles. The second-order valence-electron chi connectivity index (χ2n) is 6.70. The number of thioether (sulfide) groups is 1. The van der Waals surface area contributed by atoms with E-state index in [4.69, 9.17) is 9.47 Å². The van der Waals surface area contributed by atoms with Crippen LogP contribution in [0.5, 0.6) is 5.75 Å². The summed E-state index contributed by atoms with van der Waals surface area (Å²) in [6, 6.07) is 8.14. The van der Waals surface area contributed by atoms with Gasteiger partial charge >= 0.3 is 0 Å². The Kier molecular flexibility index (Phi) is 6.43. The zero-order valence-corrected chi connectivity index (χ0v) is 16.0. The first-order chi connectivity index (χ1) is 12.6. The van der Waals surface area contributed by atoms with Crippen molar-refractivity contribution in [3.05, 3.63) is 29.8 Å². The van der Waals surface area contributed by atoms with Gasteiger partial charge in [-0.1, -0.05) is 12.1 Å². The van der Waals surface area contributed by atoms with Gasteiger partial charge in [0.2, 0.25) is 11.8 Å². The van der Waals surface area contributed by atoms with E-state index in [1.165, 1.54) is 5.56 Å². The Morgan fingerprint density at radius 3 is 2.65 bits per heavy atom. The molecule has 2 amide bonds. The minimum Gasteiger partial charge on any atom is -0.494 e. The first kappa shape index (κ1) is 19.0. The average molecular weight is 378 g/mol. The zero-order chi connectivity index (χ0) is 18.4. The first-order valence-corrected chi connectivity index (χ1v) is 10.2. The van der Waals surface area contributed by atoms with E-state index in [0.717, 1.165) is 18.6 Å². The standard InChI is InChI=1S/C19H26N2O4S/c1-2-25-16-5-3-15(4-6-16)19(7-9-24-10-8-19)13-20-17(22)11-21-14-26-12-18(21)23/h3-6H,2,7-14H2,1H3,(H,20,22). The van der Waals surface area contributed by atoms with Gasteiger partial charge in [-0.25, -0.2) is 0 Å². The van der Waals surface area contributed by atoms with Gasteiger partial charge in [-0.05, 0) is 37.5 Å².